The van der Waals surface area contributed by atoms with Crippen LogP contribution in [0.2, 0.25) is 0 Å². The lowest BCUT2D eigenvalue weighted by Crippen LogP contribution is -2.13. The van der Waals surface area contributed by atoms with E-state index in [4.69, 9.17) is 24.3 Å². The molecule has 4 rings (SSSR count). The van der Waals surface area contributed by atoms with Gasteiger partial charge in [-0.1, -0.05) is 156 Å². The Morgan fingerprint density at radius 3 is 1.15 bits per heavy atom. The van der Waals surface area contributed by atoms with Gasteiger partial charge in [0, 0.05) is 0 Å². The van der Waals surface area contributed by atoms with Gasteiger partial charge < -0.3 is 9.47 Å². The van der Waals surface area contributed by atoms with Crippen molar-refractivity contribution < 1.29 is 24.3 Å². The number of ether oxygens (including phenoxy) is 2. The van der Waals surface area contributed by atoms with Crippen LogP contribution >= 0.6 is 0 Å². The molecule has 4 aromatic rings. The molecule has 0 amide bonds. The van der Waals surface area contributed by atoms with E-state index in [0.29, 0.717) is 11.8 Å². The lowest BCUT2D eigenvalue weighted by atomic mass is 10.0. The van der Waals surface area contributed by atoms with Gasteiger partial charge in [0.15, 0.2) is 0 Å². The molecule has 0 bridgehead atoms. The molecule has 4 unspecified atom stereocenters. The van der Waals surface area contributed by atoms with Crippen molar-refractivity contribution in [1.29, 1.82) is 0 Å². The molecule has 0 N–H and O–H groups in total. The molecule has 0 aliphatic heterocycles. The van der Waals surface area contributed by atoms with E-state index in [1.807, 2.05) is 109 Å². The van der Waals surface area contributed by atoms with Crippen molar-refractivity contribution in [2.45, 2.75) is 91.3 Å². The van der Waals surface area contributed by atoms with Crippen molar-refractivity contribution in [3.63, 3.8) is 0 Å². The van der Waals surface area contributed by atoms with Gasteiger partial charge in [0.2, 0.25) is 0 Å². The summed E-state index contributed by atoms with van der Waals surface area (Å²) in [5.41, 5.74) is 3.79. The van der Waals surface area contributed by atoms with Crippen LogP contribution in [0.15, 0.2) is 109 Å². The lowest BCUT2D eigenvalue weighted by molar-refractivity contribution is -0.536. The summed E-state index contributed by atoms with van der Waals surface area (Å²) in [6.07, 6.45) is 8.56. The number of hydrogen-bond donors (Lipinski definition) is 0. The van der Waals surface area contributed by atoms with Crippen LogP contribution in [0.1, 0.15) is 114 Å². The summed E-state index contributed by atoms with van der Waals surface area (Å²) in [5, 5.41) is 5.64. The van der Waals surface area contributed by atoms with E-state index in [1.54, 1.807) is 0 Å². The van der Waals surface area contributed by atoms with E-state index in [0.717, 1.165) is 59.8 Å². The van der Waals surface area contributed by atoms with Gasteiger partial charge in [-0.05, 0) is 71.2 Å². The second-order valence-corrected chi connectivity index (χ2v) is 12.4. The fourth-order valence-corrected chi connectivity index (χ4v) is 5.67. The summed E-state index contributed by atoms with van der Waals surface area (Å²) in [5.74, 6) is 2.86. The van der Waals surface area contributed by atoms with Crippen LogP contribution in [0.5, 0.6) is 11.5 Å². The highest BCUT2D eigenvalue weighted by Gasteiger charge is 2.21. The molecule has 0 saturated carbocycles. The Kier molecular flexibility index (Phi) is 15.8. The van der Waals surface area contributed by atoms with E-state index in [2.05, 4.69) is 27.7 Å². The van der Waals surface area contributed by atoms with Crippen molar-refractivity contribution in [3.05, 3.63) is 131 Å². The van der Waals surface area contributed by atoms with Gasteiger partial charge in [0.1, 0.15) is 23.7 Å². The normalized spacial score (nSPS) is 13.9. The van der Waals surface area contributed by atoms with Crippen molar-refractivity contribution in [1.82, 2.24) is 0 Å². The minimum atomic E-state index is -0.496. The predicted molar refractivity (Wildman–Crippen MR) is 190 cm³/mol. The third-order valence-corrected chi connectivity index (χ3v) is 8.90. The quantitative estimate of drug-likeness (QED) is 0.0633. The molecule has 0 saturated heterocycles. The van der Waals surface area contributed by atoms with Gasteiger partial charge in [-0.3, -0.25) is 0 Å². The molecule has 5 nitrogen and oxygen atoms in total. The standard InChI is InChI=1S/C42H54O5/c1-5-9-17-33(7-3)31-43-39-27-23-37(24-28-39)41(35-19-13-11-14-20-35)45-47-46-42(36-21-15-12-16-22-36)38-25-29-40(30-26-38)44-32-34(8-4)18-10-6-2/h11-16,19-30,33-34,41-42H,5-10,17-18,31-32H2,1-4H3. The number of unbranched alkanes of at least 4 members (excludes halogenated alkanes) is 2. The minimum Gasteiger partial charge on any atom is -0.493 e. The number of rotatable bonds is 22. The van der Waals surface area contributed by atoms with Gasteiger partial charge in [-0.2, -0.15) is 9.78 Å². The SMILES string of the molecule is CCCCC(CC)COc1ccc(C(OOOC(c2ccccc2)c2ccc(OCC(CC)CCCC)cc2)c2ccccc2)cc1. The topological polar surface area (TPSA) is 46.2 Å². The number of hydrogen-bond acceptors (Lipinski definition) is 5. The zero-order chi connectivity index (χ0) is 33.1. The summed E-state index contributed by atoms with van der Waals surface area (Å²) in [4.78, 5) is 12.1. The third kappa shape index (κ3) is 11.8. The van der Waals surface area contributed by atoms with Crippen LogP contribution in [0.4, 0.5) is 0 Å². The zero-order valence-corrected chi connectivity index (χ0v) is 28.8. The molecule has 0 heterocycles. The van der Waals surface area contributed by atoms with Crippen molar-refractivity contribution in [3.8, 4) is 11.5 Å². The molecular weight excluding hydrogens is 584 g/mol. The molecular formula is C42H54O5. The van der Waals surface area contributed by atoms with Crippen LogP contribution in [0, 0.1) is 11.8 Å². The molecule has 4 atom stereocenters. The van der Waals surface area contributed by atoms with E-state index in [9.17, 15) is 0 Å². The van der Waals surface area contributed by atoms with Crippen LogP contribution in [-0.4, -0.2) is 13.2 Å². The van der Waals surface area contributed by atoms with Crippen molar-refractivity contribution in [2.75, 3.05) is 13.2 Å². The van der Waals surface area contributed by atoms with Crippen molar-refractivity contribution >= 4 is 0 Å². The first-order valence-corrected chi connectivity index (χ1v) is 17.7. The largest absolute Gasteiger partial charge is 0.493 e. The lowest BCUT2D eigenvalue weighted by Gasteiger charge is -2.21. The molecule has 0 aliphatic rings. The molecule has 47 heavy (non-hydrogen) atoms. The van der Waals surface area contributed by atoms with Crippen LogP contribution in [0.25, 0.3) is 0 Å². The van der Waals surface area contributed by atoms with Crippen LogP contribution < -0.4 is 9.47 Å². The average molecular weight is 639 g/mol. The highest BCUT2D eigenvalue weighted by atomic mass is 17.5. The number of benzene rings is 4. The predicted octanol–water partition coefficient (Wildman–Crippen LogP) is 11.6. The zero-order valence-electron chi connectivity index (χ0n) is 28.8. The maximum Gasteiger partial charge on any atom is 0.146 e. The molecule has 0 aromatic heterocycles. The molecule has 4 aromatic carbocycles. The Morgan fingerprint density at radius 2 is 0.809 bits per heavy atom. The minimum absolute atomic E-state index is 0.496. The second-order valence-electron chi connectivity index (χ2n) is 12.4. The third-order valence-electron chi connectivity index (χ3n) is 8.90. The van der Waals surface area contributed by atoms with E-state index < -0.39 is 12.2 Å². The van der Waals surface area contributed by atoms with Gasteiger partial charge in [-0.25, -0.2) is 0 Å². The summed E-state index contributed by atoms with van der Waals surface area (Å²) in [7, 11) is 0. The summed E-state index contributed by atoms with van der Waals surface area (Å²) < 4.78 is 12.3. The Bertz CT molecular complexity index is 1250. The van der Waals surface area contributed by atoms with E-state index in [-0.39, 0.29) is 0 Å². The molecule has 0 radical (unpaired) electrons. The second kappa shape index (κ2) is 20.6. The highest BCUT2D eigenvalue weighted by molar-refractivity contribution is 5.35. The monoisotopic (exact) mass is 638 g/mol. The Hall–Kier alpha value is -3.64. The first kappa shape index (κ1) is 36.2. The highest BCUT2D eigenvalue weighted by Crippen LogP contribution is 2.32. The molecule has 0 aliphatic carbocycles. The summed E-state index contributed by atoms with van der Waals surface area (Å²) in [6, 6.07) is 36.2. The fraction of sp³-hybridized carbons (Fsp3) is 0.429. The van der Waals surface area contributed by atoms with Gasteiger partial charge in [0.05, 0.1) is 13.2 Å². The Labute approximate surface area is 283 Å². The average Bonchev–Trinajstić information content (AvgIpc) is 3.13. The molecule has 252 valence electrons. The van der Waals surface area contributed by atoms with Gasteiger partial charge in [-0.15, -0.1) is 0 Å². The summed E-state index contributed by atoms with van der Waals surface area (Å²) >= 11 is 0. The maximum atomic E-state index is 6.16. The van der Waals surface area contributed by atoms with Gasteiger partial charge in [0.25, 0.3) is 0 Å². The fourth-order valence-electron chi connectivity index (χ4n) is 5.67. The summed E-state index contributed by atoms with van der Waals surface area (Å²) in [6.45, 7) is 10.4. The smallest absolute Gasteiger partial charge is 0.146 e. The van der Waals surface area contributed by atoms with Gasteiger partial charge >= 0.3 is 0 Å². The van der Waals surface area contributed by atoms with Crippen LogP contribution in [0.3, 0.4) is 0 Å². The molecule has 0 spiro atoms. The van der Waals surface area contributed by atoms with E-state index in [1.165, 1.54) is 38.5 Å². The molecule has 0 fully saturated rings. The Morgan fingerprint density at radius 1 is 0.447 bits per heavy atom. The maximum absolute atomic E-state index is 6.16. The van der Waals surface area contributed by atoms with Crippen LogP contribution in [-0.2, 0) is 14.8 Å². The Balaban J connectivity index is 1.43. The molecule has 5 heteroatoms. The first-order valence-electron chi connectivity index (χ1n) is 17.7. The van der Waals surface area contributed by atoms with Crippen molar-refractivity contribution in [2.24, 2.45) is 11.8 Å². The van der Waals surface area contributed by atoms with E-state index >= 15 is 0 Å². The first-order chi connectivity index (χ1) is 23.1.